The standard InChI is InChI=1S/C8H10F3NO2S/c1-7(2)5-3-4-6-12-15(13,14)8(9,10)11/h12H,1,4,6H2,2H3. The molecule has 0 amide bonds. The van der Waals surface area contributed by atoms with Crippen LogP contribution in [0.4, 0.5) is 13.2 Å². The van der Waals surface area contributed by atoms with Crippen LogP contribution >= 0.6 is 0 Å². The summed E-state index contributed by atoms with van der Waals surface area (Å²) in [6.07, 6.45) is 0.00215. The Bertz CT molecular complexity index is 386. The molecule has 0 rings (SSSR count). The van der Waals surface area contributed by atoms with Crippen molar-refractivity contribution in [2.45, 2.75) is 18.9 Å². The second kappa shape index (κ2) is 5.19. The van der Waals surface area contributed by atoms with Crippen LogP contribution in [0.1, 0.15) is 13.3 Å². The largest absolute Gasteiger partial charge is 0.511 e. The SMILES string of the molecule is C=C(C)C#CCCNS(=O)(=O)C(F)(F)F. The van der Waals surface area contributed by atoms with E-state index in [1.165, 1.54) is 4.72 Å². The highest BCUT2D eigenvalue weighted by atomic mass is 32.2. The third-order valence-electron chi connectivity index (χ3n) is 1.15. The molecule has 15 heavy (non-hydrogen) atoms. The van der Waals surface area contributed by atoms with Crippen LogP contribution in [0.25, 0.3) is 0 Å². The van der Waals surface area contributed by atoms with Gasteiger partial charge in [-0.05, 0) is 12.5 Å². The van der Waals surface area contributed by atoms with Crippen molar-refractivity contribution in [1.29, 1.82) is 0 Å². The molecule has 0 saturated heterocycles. The van der Waals surface area contributed by atoms with Crippen molar-refractivity contribution in [3.05, 3.63) is 12.2 Å². The van der Waals surface area contributed by atoms with Gasteiger partial charge < -0.3 is 0 Å². The molecule has 0 aromatic rings. The first-order valence-corrected chi connectivity index (χ1v) is 5.35. The first-order chi connectivity index (χ1) is 6.67. The molecular formula is C8H10F3NO2S. The van der Waals surface area contributed by atoms with Gasteiger partial charge in [-0.15, -0.1) is 0 Å². The fraction of sp³-hybridized carbons (Fsp3) is 0.500. The van der Waals surface area contributed by atoms with E-state index in [0.29, 0.717) is 5.57 Å². The second-order valence-electron chi connectivity index (χ2n) is 2.68. The highest BCUT2D eigenvalue weighted by Crippen LogP contribution is 2.21. The van der Waals surface area contributed by atoms with Gasteiger partial charge in [-0.2, -0.15) is 13.2 Å². The van der Waals surface area contributed by atoms with Gasteiger partial charge in [0.1, 0.15) is 0 Å². The summed E-state index contributed by atoms with van der Waals surface area (Å²) in [4.78, 5) is 0. The first kappa shape index (κ1) is 14.0. The van der Waals surface area contributed by atoms with E-state index in [2.05, 4.69) is 18.4 Å². The number of halogens is 3. The zero-order valence-corrected chi connectivity index (χ0v) is 8.80. The Morgan fingerprint density at radius 3 is 2.40 bits per heavy atom. The van der Waals surface area contributed by atoms with E-state index in [-0.39, 0.29) is 13.0 Å². The van der Waals surface area contributed by atoms with Crippen molar-refractivity contribution in [2.75, 3.05) is 6.54 Å². The summed E-state index contributed by atoms with van der Waals surface area (Å²) in [5.74, 6) is 4.97. The predicted molar refractivity (Wildman–Crippen MR) is 50.2 cm³/mol. The van der Waals surface area contributed by atoms with Crippen LogP contribution in [0, 0.1) is 11.8 Å². The summed E-state index contributed by atoms with van der Waals surface area (Å²) < 4.78 is 57.6. The van der Waals surface area contributed by atoms with Crippen molar-refractivity contribution in [3.63, 3.8) is 0 Å². The Kier molecular flexibility index (Phi) is 4.84. The van der Waals surface area contributed by atoms with Crippen molar-refractivity contribution < 1.29 is 21.6 Å². The fourth-order valence-electron chi connectivity index (χ4n) is 0.543. The zero-order valence-electron chi connectivity index (χ0n) is 7.98. The van der Waals surface area contributed by atoms with Gasteiger partial charge in [0.05, 0.1) is 0 Å². The van der Waals surface area contributed by atoms with Gasteiger partial charge in [-0.1, -0.05) is 18.4 Å². The summed E-state index contributed by atoms with van der Waals surface area (Å²) in [6.45, 7) is 4.71. The highest BCUT2D eigenvalue weighted by molar-refractivity contribution is 7.90. The zero-order chi connectivity index (χ0) is 12.1. The molecule has 0 saturated carbocycles. The number of allylic oxidation sites excluding steroid dienone is 1. The van der Waals surface area contributed by atoms with E-state index < -0.39 is 15.5 Å². The van der Waals surface area contributed by atoms with Crippen LogP contribution in [-0.2, 0) is 10.0 Å². The van der Waals surface area contributed by atoms with Gasteiger partial charge in [0.2, 0.25) is 0 Å². The third-order valence-corrected chi connectivity index (χ3v) is 2.34. The van der Waals surface area contributed by atoms with Gasteiger partial charge in [0.25, 0.3) is 0 Å². The van der Waals surface area contributed by atoms with Crippen molar-refractivity contribution in [2.24, 2.45) is 0 Å². The van der Waals surface area contributed by atoms with Gasteiger partial charge in [-0.3, -0.25) is 0 Å². The maximum atomic E-state index is 11.8. The highest BCUT2D eigenvalue weighted by Gasteiger charge is 2.45. The fourth-order valence-corrected chi connectivity index (χ4v) is 1.08. The minimum absolute atomic E-state index is 0.00215. The molecule has 0 unspecified atom stereocenters. The molecule has 0 heterocycles. The number of alkyl halides is 3. The lowest BCUT2D eigenvalue weighted by Gasteiger charge is -2.07. The summed E-state index contributed by atoms with van der Waals surface area (Å²) in [6, 6.07) is 0. The van der Waals surface area contributed by atoms with Gasteiger partial charge in [-0.25, -0.2) is 13.1 Å². The van der Waals surface area contributed by atoms with Gasteiger partial charge >= 0.3 is 15.5 Å². The minimum atomic E-state index is -5.27. The molecule has 0 aliphatic rings. The molecule has 0 atom stereocenters. The number of sulfonamides is 1. The molecule has 0 aliphatic heterocycles. The maximum Gasteiger partial charge on any atom is 0.511 e. The molecule has 0 fully saturated rings. The van der Waals surface area contributed by atoms with E-state index in [1.54, 1.807) is 6.92 Å². The monoisotopic (exact) mass is 241 g/mol. The Labute approximate surface area is 86.4 Å². The smallest absolute Gasteiger partial charge is 0.206 e. The predicted octanol–water partition coefficient (Wildman–Crippen LogP) is 1.40. The van der Waals surface area contributed by atoms with Crippen LogP contribution in [-0.4, -0.2) is 20.5 Å². The minimum Gasteiger partial charge on any atom is -0.206 e. The lowest BCUT2D eigenvalue weighted by Crippen LogP contribution is -2.36. The van der Waals surface area contributed by atoms with Crippen LogP contribution in [0.2, 0.25) is 0 Å². The summed E-state index contributed by atoms with van der Waals surface area (Å²) >= 11 is 0. The second-order valence-corrected chi connectivity index (χ2v) is 4.43. The number of hydrogen-bond acceptors (Lipinski definition) is 2. The average Bonchev–Trinajstić information content (AvgIpc) is 2.00. The summed E-state index contributed by atoms with van der Waals surface area (Å²) in [7, 11) is -5.24. The van der Waals surface area contributed by atoms with E-state index in [9.17, 15) is 21.6 Å². The van der Waals surface area contributed by atoms with Crippen molar-refractivity contribution in [1.82, 2.24) is 4.72 Å². The lowest BCUT2D eigenvalue weighted by molar-refractivity contribution is -0.0447. The molecule has 0 aliphatic carbocycles. The maximum absolute atomic E-state index is 11.8. The van der Waals surface area contributed by atoms with Gasteiger partial charge in [0.15, 0.2) is 0 Å². The molecule has 0 bridgehead atoms. The molecule has 86 valence electrons. The molecule has 0 aromatic carbocycles. The number of nitrogens with one attached hydrogen (secondary N) is 1. The Morgan fingerprint density at radius 1 is 1.47 bits per heavy atom. The van der Waals surface area contributed by atoms with E-state index in [4.69, 9.17) is 0 Å². The van der Waals surface area contributed by atoms with E-state index in [1.807, 2.05) is 0 Å². The van der Waals surface area contributed by atoms with Crippen LogP contribution in [0.3, 0.4) is 0 Å². The third kappa shape index (κ3) is 5.44. The molecule has 0 radical (unpaired) electrons. The Hall–Kier alpha value is -1.00. The summed E-state index contributed by atoms with van der Waals surface area (Å²) in [5.41, 5.74) is -4.71. The Balaban J connectivity index is 4.11. The molecule has 3 nitrogen and oxygen atoms in total. The van der Waals surface area contributed by atoms with Crippen molar-refractivity contribution >= 4 is 10.0 Å². The van der Waals surface area contributed by atoms with E-state index >= 15 is 0 Å². The van der Waals surface area contributed by atoms with Crippen LogP contribution in [0.15, 0.2) is 12.2 Å². The van der Waals surface area contributed by atoms with E-state index in [0.717, 1.165) is 0 Å². The number of hydrogen-bond donors (Lipinski definition) is 1. The van der Waals surface area contributed by atoms with Gasteiger partial charge in [0, 0.05) is 13.0 Å². The normalized spacial score (nSPS) is 11.7. The quantitative estimate of drug-likeness (QED) is 0.599. The summed E-state index contributed by atoms with van der Waals surface area (Å²) in [5, 5.41) is 0. The average molecular weight is 241 g/mol. The molecule has 0 spiro atoms. The van der Waals surface area contributed by atoms with Crippen LogP contribution in [0.5, 0.6) is 0 Å². The van der Waals surface area contributed by atoms with Crippen molar-refractivity contribution in [3.8, 4) is 11.8 Å². The molecule has 7 heteroatoms. The molecular weight excluding hydrogens is 231 g/mol. The first-order valence-electron chi connectivity index (χ1n) is 3.87. The Morgan fingerprint density at radius 2 is 2.00 bits per heavy atom. The van der Waals surface area contributed by atoms with Crippen LogP contribution < -0.4 is 4.72 Å². The topological polar surface area (TPSA) is 46.2 Å². The molecule has 0 aromatic heterocycles. The number of rotatable bonds is 3. The molecule has 1 N–H and O–H groups in total. The lowest BCUT2D eigenvalue weighted by atomic mass is 10.3.